The van der Waals surface area contributed by atoms with E-state index >= 15 is 0 Å². The zero-order valence-electron chi connectivity index (χ0n) is 11.9. The van der Waals surface area contributed by atoms with Gasteiger partial charge in [-0.2, -0.15) is 0 Å². The summed E-state index contributed by atoms with van der Waals surface area (Å²) in [5.74, 6) is -0.643. The number of amides is 3. The van der Waals surface area contributed by atoms with E-state index in [0.717, 1.165) is 4.90 Å². The van der Waals surface area contributed by atoms with Gasteiger partial charge in [0.25, 0.3) is 5.91 Å². The molecule has 0 N–H and O–H groups in total. The van der Waals surface area contributed by atoms with Crippen molar-refractivity contribution in [2.24, 2.45) is 0 Å². The Morgan fingerprint density at radius 3 is 2.23 bits per heavy atom. The lowest BCUT2D eigenvalue weighted by molar-refractivity contribution is -0.116. The molecule has 3 amide bonds. The minimum absolute atomic E-state index is 0.148. The number of hydrogen-bond donors (Lipinski definition) is 0. The zero-order chi connectivity index (χ0) is 16.7. The van der Waals surface area contributed by atoms with Gasteiger partial charge >= 0.3 is 6.03 Å². The first-order valence-corrected chi connectivity index (χ1v) is 8.79. The molecule has 1 aromatic carbocycles. The van der Waals surface area contributed by atoms with Crippen molar-refractivity contribution in [1.82, 2.24) is 4.31 Å². The second kappa shape index (κ2) is 6.06. The van der Waals surface area contributed by atoms with E-state index in [2.05, 4.69) is 0 Å². The average Bonchev–Trinajstić information content (AvgIpc) is 2.72. The van der Waals surface area contributed by atoms with Crippen LogP contribution in [0.25, 0.3) is 0 Å². The monoisotopic (exact) mass is 364 g/mol. The molecule has 1 heterocycles. The van der Waals surface area contributed by atoms with Crippen molar-refractivity contribution in [3.63, 3.8) is 0 Å². The fraction of sp³-hybridized carbons (Fsp3) is 0.385. The second-order valence-corrected chi connectivity index (χ2v) is 8.06. The van der Waals surface area contributed by atoms with Gasteiger partial charge in [0.05, 0.1) is 10.9 Å². The summed E-state index contributed by atoms with van der Waals surface area (Å²) < 4.78 is 25.2. The summed E-state index contributed by atoms with van der Waals surface area (Å²) in [7, 11) is -3.88. The fourth-order valence-corrected chi connectivity index (χ4v) is 3.99. The third kappa shape index (κ3) is 2.93. The molecule has 22 heavy (non-hydrogen) atoms. The van der Waals surface area contributed by atoms with Crippen LogP contribution in [0.5, 0.6) is 0 Å². The number of anilines is 1. The van der Waals surface area contributed by atoms with Crippen LogP contribution in [0, 0.1) is 0 Å². The molecule has 0 saturated carbocycles. The first-order valence-electron chi connectivity index (χ1n) is 6.53. The number of hydrogen-bond acceptors (Lipinski definition) is 4. The molecule has 120 valence electrons. The molecule has 1 aromatic rings. The lowest BCUT2D eigenvalue weighted by Crippen LogP contribution is -2.40. The molecule has 0 aromatic heterocycles. The van der Waals surface area contributed by atoms with Crippen molar-refractivity contribution >= 4 is 50.9 Å². The zero-order valence-corrected chi connectivity index (χ0v) is 14.2. The standard InChI is InChI=1S/C13H14Cl2N2O4S/c1-3-8(2)22(20,21)16-7-12(18)17(13(16)19)11-5-9(14)4-10(15)6-11/h4-6,8H,3,7H2,1-2H3. The van der Waals surface area contributed by atoms with Crippen LogP contribution in [0.3, 0.4) is 0 Å². The molecule has 0 radical (unpaired) electrons. The molecular formula is C13H14Cl2N2O4S. The van der Waals surface area contributed by atoms with Gasteiger partial charge in [-0.05, 0) is 31.5 Å². The van der Waals surface area contributed by atoms with E-state index in [1.807, 2.05) is 0 Å². The molecule has 0 aliphatic carbocycles. The Morgan fingerprint density at radius 2 is 1.73 bits per heavy atom. The predicted octanol–water partition coefficient (Wildman–Crippen LogP) is 2.89. The van der Waals surface area contributed by atoms with Gasteiger partial charge in [-0.15, -0.1) is 0 Å². The predicted molar refractivity (Wildman–Crippen MR) is 84.7 cm³/mol. The summed E-state index contributed by atoms with van der Waals surface area (Å²) in [6.07, 6.45) is 0.337. The van der Waals surface area contributed by atoms with Gasteiger partial charge in [-0.1, -0.05) is 30.1 Å². The number of carbonyl (C=O) groups is 2. The lowest BCUT2D eigenvalue weighted by Gasteiger charge is -2.20. The number of benzene rings is 1. The van der Waals surface area contributed by atoms with E-state index in [0.29, 0.717) is 10.7 Å². The largest absolute Gasteiger partial charge is 0.345 e. The Hall–Kier alpha value is -1.31. The molecule has 1 saturated heterocycles. The van der Waals surface area contributed by atoms with Crippen LogP contribution in [-0.2, 0) is 14.8 Å². The second-order valence-electron chi connectivity index (χ2n) is 4.91. The average molecular weight is 365 g/mol. The maximum absolute atomic E-state index is 12.4. The van der Waals surface area contributed by atoms with Gasteiger partial charge in [-0.25, -0.2) is 22.4 Å². The molecule has 2 rings (SSSR count). The normalized spacial score (nSPS) is 17.3. The van der Waals surface area contributed by atoms with Crippen molar-refractivity contribution in [1.29, 1.82) is 0 Å². The van der Waals surface area contributed by atoms with Gasteiger partial charge < -0.3 is 0 Å². The Labute approximate surface area is 138 Å². The highest BCUT2D eigenvalue weighted by molar-refractivity contribution is 7.90. The van der Waals surface area contributed by atoms with Gasteiger partial charge in [0.2, 0.25) is 10.0 Å². The smallest absolute Gasteiger partial charge is 0.272 e. The maximum atomic E-state index is 12.4. The number of carbonyl (C=O) groups excluding carboxylic acids is 2. The highest BCUT2D eigenvalue weighted by atomic mass is 35.5. The maximum Gasteiger partial charge on any atom is 0.345 e. The minimum Gasteiger partial charge on any atom is -0.272 e. The SMILES string of the molecule is CCC(C)S(=O)(=O)N1CC(=O)N(c2cc(Cl)cc(Cl)c2)C1=O. The lowest BCUT2D eigenvalue weighted by atomic mass is 10.3. The first-order chi connectivity index (χ1) is 10.2. The van der Waals surface area contributed by atoms with Crippen LogP contribution in [0.4, 0.5) is 10.5 Å². The molecule has 1 aliphatic heterocycles. The summed E-state index contributed by atoms with van der Waals surface area (Å²) in [6.45, 7) is 2.67. The van der Waals surface area contributed by atoms with Crippen LogP contribution in [0.1, 0.15) is 20.3 Å². The van der Waals surface area contributed by atoms with E-state index < -0.39 is 33.8 Å². The van der Waals surface area contributed by atoms with E-state index in [4.69, 9.17) is 23.2 Å². The molecule has 1 unspecified atom stereocenters. The van der Waals surface area contributed by atoms with Crippen LogP contribution in [-0.4, -0.2) is 36.5 Å². The number of rotatable bonds is 4. The molecule has 9 heteroatoms. The molecule has 6 nitrogen and oxygen atoms in total. The van der Waals surface area contributed by atoms with Crippen molar-refractivity contribution in [2.75, 3.05) is 11.4 Å². The number of urea groups is 1. The topological polar surface area (TPSA) is 74.8 Å². The Balaban J connectivity index is 2.41. The number of halogens is 2. The molecular weight excluding hydrogens is 351 g/mol. The number of nitrogens with zero attached hydrogens (tertiary/aromatic N) is 2. The first kappa shape index (κ1) is 17.1. The van der Waals surface area contributed by atoms with Crippen LogP contribution >= 0.6 is 23.2 Å². The highest BCUT2D eigenvalue weighted by Crippen LogP contribution is 2.30. The van der Waals surface area contributed by atoms with E-state index in [-0.39, 0.29) is 15.7 Å². The Morgan fingerprint density at radius 1 is 1.18 bits per heavy atom. The third-order valence-corrected chi connectivity index (χ3v) is 6.12. The molecule has 1 fully saturated rings. The molecule has 1 atom stereocenters. The van der Waals surface area contributed by atoms with Gasteiger partial charge in [0.1, 0.15) is 6.54 Å². The van der Waals surface area contributed by atoms with Crippen molar-refractivity contribution in [3.05, 3.63) is 28.2 Å². The van der Waals surface area contributed by atoms with E-state index in [1.165, 1.54) is 25.1 Å². The van der Waals surface area contributed by atoms with Gasteiger partial charge in [0, 0.05) is 10.0 Å². The quantitative estimate of drug-likeness (QED) is 0.769. The van der Waals surface area contributed by atoms with Gasteiger partial charge in [0.15, 0.2) is 0 Å². The third-order valence-electron chi connectivity index (χ3n) is 3.43. The van der Waals surface area contributed by atoms with E-state index in [9.17, 15) is 18.0 Å². The summed E-state index contributed by atoms with van der Waals surface area (Å²) in [4.78, 5) is 25.2. The summed E-state index contributed by atoms with van der Waals surface area (Å²) in [5.41, 5.74) is 0.148. The molecule has 0 bridgehead atoms. The van der Waals surface area contributed by atoms with Crippen molar-refractivity contribution < 1.29 is 18.0 Å². The van der Waals surface area contributed by atoms with E-state index in [1.54, 1.807) is 6.92 Å². The van der Waals surface area contributed by atoms with Crippen LogP contribution in [0.2, 0.25) is 10.0 Å². The highest BCUT2D eigenvalue weighted by Gasteiger charge is 2.45. The van der Waals surface area contributed by atoms with Crippen molar-refractivity contribution in [2.45, 2.75) is 25.5 Å². The number of sulfonamides is 1. The van der Waals surface area contributed by atoms with Gasteiger partial charge in [-0.3, -0.25) is 4.79 Å². The van der Waals surface area contributed by atoms with Crippen LogP contribution in [0.15, 0.2) is 18.2 Å². The minimum atomic E-state index is -3.88. The number of imide groups is 1. The summed E-state index contributed by atoms with van der Waals surface area (Å²) >= 11 is 11.7. The Bertz CT molecular complexity index is 715. The summed E-state index contributed by atoms with van der Waals surface area (Å²) in [6, 6.07) is 3.29. The van der Waals surface area contributed by atoms with Crippen molar-refractivity contribution in [3.8, 4) is 0 Å². The Kier molecular flexibility index (Phi) is 4.70. The van der Waals surface area contributed by atoms with Crippen LogP contribution < -0.4 is 4.90 Å². The molecule has 1 aliphatic rings. The summed E-state index contributed by atoms with van der Waals surface area (Å²) in [5, 5.41) is -0.273. The fourth-order valence-electron chi connectivity index (χ4n) is 2.03. The molecule has 0 spiro atoms.